The van der Waals surface area contributed by atoms with E-state index in [1.807, 2.05) is 26.0 Å². The number of hydrogen-bond donors (Lipinski definition) is 1. The van der Waals surface area contributed by atoms with Gasteiger partial charge in [0.15, 0.2) is 0 Å². The van der Waals surface area contributed by atoms with E-state index in [1.165, 1.54) is 6.07 Å². The molecule has 0 aromatic heterocycles. The third-order valence-corrected chi connectivity index (χ3v) is 2.67. The Balaban J connectivity index is 2.08. The van der Waals surface area contributed by atoms with Crippen molar-refractivity contribution in [2.75, 3.05) is 5.73 Å². The minimum atomic E-state index is -0.406. The van der Waals surface area contributed by atoms with Crippen LogP contribution in [0.1, 0.15) is 16.7 Å². The van der Waals surface area contributed by atoms with Crippen molar-refractivity contribution in [3.8, 4) is 5.75 Å². The van der Waals surface area contributed by atoms with Crippen LogP contribution in [0.4, 0.5) is 10.1 Å². The average molecular weight is 245 g/mol. The van der Waals surface area contributed by atoms with Gasteiger partial charge in [0.1, 0.15) is 18.2 Å². The number of nitrogen functional groups attached to an aromatic ring is 1. The maximum absolute atomic E-state index is 13.3. The smallest absolute Gasteiger partial charge is 0.146 e. The molecule has 2 aromatic carbocycles. The molecule has 0 fully saturated rings. The number of aryl methyl sites for hydroxylation is 2. The zero-order valence-corrected chi connectivity index (χ0v) is 10.5. The molecule has 3 heteroatoms. The molecule has 94 valence electrons. The summed E-state index contributed by atoms with van der Waals surface area (Å²) in [7, 11) is 0. The SMILES string of the molecule is Cc1cc(C)cc(OCc2ccc(N)c(F)c2)c1. The second-order valence-corrected chi connectivity index (χ2v) is 4.47. The van der Waals surface area contributed by atoms with E-state index in [1.54, 1.807) is 12.1 Å². The molecule has 0 aliphatic heterocycles. The molecule has 0 atom stereocenters. The summed E-state index contributed by atoms with van der Waals surface area (Å²) in [6.45, 7) is 4.37. The van der Waals surface area contributed by atoms with Gasteiger partial charge in [-0.05, 0) is 54.8 Å². The van der Waals surface area contributed by atoms with Gasteiger partial charge in [-0.3, -0.25) is 0 Å². The Bertz CT molecular complexity index is 546. The zero-order valence-electron chi connectivity index (χ0n) is 10.5. The first-order valence-corrected chi connectivity index (χ1v) is 5.79. The molecule has 0 unspecified atom stereocenters. The summed E-state index contributed by atoms with van der Waals surface area (Å²) in [6, 6.07) is 10.7. The Morgan fingerprint density at radius 1 is 1.06 bits per heavy atom. The molecule has 0 bridgehead atoms. The van der Waals surface area contributed by atoms with E-state index >= 15 is 0 Å². The van der Waals surface area contributed by atoms with Crippen molar-refractivity contribution < 1.29 is 9.13 Å². The van der Waals surface area contributed by atoms with Crippen molar-refractivity contribution in [3.05, 3.63) is 58.9 Å². The van der Waals surface area contributed by atoms with Crippen molar-refractivity contribution in [1.82, 2.24) is 0 Å². The molecule has 0 saturated carbocycles. The molecule has 2 aromatic rings. The molecule has 18 heavy (non-hydrogen) atoms. The Kier molecular flexibility index (Phi) is 3.51. The normalized spacial score (nSPS) is 10.4. The third kappa shape index (κ3) is 3.00. The predicted molar refractivity (Wildman–Crippen MR) is 71.1 cm³/mol. The van der Waals surface area contributed by atoms with Gasteiger partial charge in [0.2, 0.25) is 0 Å². The van der Waals surface area contributed by atoms with Crippen molar-refractivity contribution in [1.29, 1.82) is 0 Å². The third-order valence-electron chi connectivity index (χ3n) is 2.67. The van der Waals surface area contributed by atoms with Gasteiger partial charge in [0.05, 0.1) is 5.69 Å². The van der Waals surface area contributed by atoms with E-state index in [2.05, 4.69) is 6.07 Å². The molecule has 0 radical (unpaired) electrons. The standard InChI is InChI=1S/C15H16FNO/c1-10-5-11(2)7-13(6-10)18-9-12-3-4-15(17)14(16)8-12/h3-8H,9,17H2,1-2H3. The lowest BCUT2D eigenvalue weighted by Gasteiger charge is -2.09. The van der Waals surface area contributed by atoms with Gasteiger partial charge in [0, 0.05) is 0 Å². The lowest BCUT2D eigenvalue weighted by molar-refractivity contribution is 0.305. The number of nitrogens with two attached hydrogens (primary N) is 1. The van der Waals surface area contributed by atoms with Gasteiger partial charge < -0.3 is 10.5 Å². The fourth-order valence-corrected chi connectivity index (χ4v) is 1.84. The summed E-state index contributed by atoms with van der Waals surface area (Å²) >= 11 is 0. The molecule has 0 spiro atoms. The molecular weight excluding hydrogens is 229 g/mol. The summed E-state index contributed by atoms with van der Waals surface area (Å²) in [5, 5.41) is 0. The Labute approximate surface area is 106 Å². The Morgan fingerprint density at radius 3 is 2.33 bits per heavy atom. The molecular formula is C15H16FNO. The van der Waals surface area contributed by atoms with Crippen LogP contribution >= 0.6 is 0 Å². The van der Waals surface area contributed by atoms with Crippen LogP contribution < -0.4 is 10.5 Å². The maximum atomic E-state index is 13.3. The molecule has 0 heterocycles. The van der Waals surface area contributed by atoms with Crippen LogP contribution in [0.15, 0.2) is 36.4 Å². The first-order chi connectivity index (χ1) is 8.54. The quantitative estimate of drug-likeness (QED) is 0.838. The molecule has 0 saturated heterocycles. The van der Waals surface area contributed by atoms with Crippen LogP contribution in [-0.2, 0) is 6.61 Å². The largest absolute Gasteiger partial charge is 0.489 e. The minimum absolute atomic E-state index is 0.158. The van der Waals surface area contributed by atoms with E-state index in [4.69, 9.17) is 10.5 Å². The number of rotatable bonds is 3. The minimum Gasteiger partial charge on any atom is -0.489 e. The van der Waals surface area contributed by atoms with Crippen LogP contribution in [0.3, 0.4) is 0 Å². The van der Waals surface area contributed by atoms with Crippen molar-refractivity contribution in [3.63, 3.8) is 0 Å². The maximum Gasteiger partial charge on any atom is 0.146 e. The summed E-state index contributed by atoms with van der Waals surface area (Å²) in [4.78, 5) is 0. The van der Waals surface area contributed by atoms with Crippen LogP contribution in [-0.4, -0.2) is 0 Å². The Hall–Kier alpha value is -2.03. The number of ether oxygens (including phenoxy) is 1. The number of hydrogen-bond acceptors (Lipinski definition) is 2. The van der Waals surface area contributed by atoms with Crippen LogP contribution in [0.25, 0.3) is 0 Å². The highest BCUT2D eigenvalue weighted by Gasteiger charge is 2.02. The Morgan fingerprint density at radius 2 is 1.72 bits per heavy atom. The van der Waals surface area contributed by atoms with Gasteiger partial charge in [-0.1, -0.05) is 12.1 Å². The molecule has 0 amide bonds. The number of benzene rings is 2. The number of halogens is 1. The van der Waals surface area contributed by atoms with E-state index in [9.17, 15) is 4.39 Å². The highest BCUT2D eigenvalue weighted by atomic mass is 19.1. The number of anilines is 1. The topological polar surface area (TPSA) is 35.2 Å². The van der Waals surface area contributed by atoms with Crippen molar-refractivity contribution >= 4 is 5.69 Å². The first kappa shape index (κ1) is 12.4. The summed E-state index contributed by atoms with van der Waals surface area (Å²) in [5.41, 5.74) is 8.64. The molecule has 2 rings (SSSR count). The van der Waals surface area contributed by atoms with Gasteiger partial charge in [-0.15, -0.1) is 0 Å². The van der Waals surface area contributed by atoms with E-state index in [0.29, 0.717) is 6.61 Å². The molecule has 0 aliphatic rings. The van der Waals surface area contributed by atoms with E-state index in [0.717, 1.165) is 22.4 Å². The summed E-state index contributed by atoms with van der Waals surface area (Å²) < 4.78 is 18.9. The van der Waals surface area contributed by atoms with Gasteiger partial charge in [-0.2, -0.15) is 0 Å². The lowest BCUT2D eigenvalue weighted by Crippen LogP contribution is -1.98. The lowest BCUT2D eigenvalue weighted by atomic mass is 10.1. The predicted octanol–water partition coefficient (Wildman–Crippen LogP) is 3.60. The van der Waals surface area contributed by atoms with Crippen molar-refractivity contribution in [2.45, 2.75) is 20.5 Å². The monoisotopic (exact) mass is 245 g/mol. The van der Waals surface area contributed by atoms with E-state index in [-0.39, 0.29) is 5.69 Å². The van der Waals surface area contributed by atoms with Gasteiger partial charge >= 0.3 is 0 Å². The molecule has 2 N–H and O–H groups in total. The summed E-state index contributed by atoms with van der Waals surface area (Å²) in [6.07, 6.45) is 0. The highest BCUT2D eigenvalue weighted by molar-refractivity contribution is 5.41. The zero-order chi connectivity index (χ0) is 13.1. The second-order valence-electron chi connectivity index (χ2n) is 4.47. The molecule has 2 nitrogen and oxygen atoms in total. The van der Waals surface area contributed by atoms with Gasteiger partial charge in [0.25, 0.3) is 0 Å². The average Bonchev–Trinajstić information content (AvgIpc) is 2.29. The summed E-state index contributed by atoms with van der Waals surface area (Å²) in [5.74, 6) is 0.390. The second kappa shape index (κ2) is 5.08. The van der Waals surface area contributed by atoms with Gasteiger partial charge in [-0.25, -0.2) is 4.39 Å². The van der Waals surface area contributed by atoms with Crippen LogP contribution in [0, 0.1) is 19.7 Å². The molecule has 0 aliphatic carbocycles. The van der Waals surface area contributed by atoms with Crippen LogP contribution in [0.2, 0.25) is 0 Å². The van der Waals surface area contributed by atoms with Crippen molar-refractivity contribution in [2.24, 2.45) is 0 Å². The first-order valence-electron chi connectivity index (χ1n) is 5.79. The van der Waals surface area contributed by atoms with Crippen LogP contribution in [0.5, 0.6) is 5.75 Å². The highest BCUT2D eigenvalue weighted by Crippen LogP contribution is 2.18. The van der Waals surface area contributed by atoms with E-state index < -0.39 is 5.82 Å². The fraction of sp³-hybridized carbons (Fsp3) is 0.200. The fourth-order valence-electron chi connectivity index (χ4n) is 1.84.